The number of anilines is 1. The number of halogens is 2. The number of nitrogens with one attached hydrogen (secondary N) is 1. The highest BCUT2D eigenvalue weighted by molar-refractivity contribution is 9.10. The summed E-state index contributed by atoms with van der Waals surface area (Å²) in [5, 5.41) is 3.99. The molecule has 0 fully saturated rings. The van der Waals surface area contributed by atoms with Crippen molar-refractivity contribution >= 4 is 33.3 Å². The van der Waals surface area contributed by atoms with Gasteiger partial charge in [0.2, 0.25) is 0 Å². The maximum Gasteiger partial charge on any atom is 0.161 e. The van der Waals surface area contributed by atoms with Crippen LogP contribution in [0.15, 0.2) is 28.7 Å². The molecule has 1 aromatic heterocycles. The second-order valence-electron chi connectivity index (χ2n) is 5.85. The third kappa shape index (κ3) is 3.74. The summed E-state index contributed by atoms with van der Waals surface area (Å²) in [7, 11) is 0. The van der Waals surface area contributed by atoms with Gasteiger partial charge in [0, 0.05) is 22.5 Å². The van der Waals surface area contributed by atoms with Crippen LogP contribution in [0, 0.1) is 0 Å². The van der Waals surface area contributed by atoms with E-state index in [-0.39, 0.29) is 5.41 Å². The third-order valence-electron chi connectivity index (χ3n) is 3.01. The van der Waals surface area contributed by atoms with Crippen LogP contribution in [0.2, 0.25) is 5.02 Å². The van der Waals surface area contributed by atoms with Crippen molar-refractivity contribution in [3.63, 3.8) is 0 Å². The summed E-state index contributed by atoms with van der Waals surface area (Å²) in [5.41, 5.74) is 1.86. The molecule has 0 bridgehead atoms. The molecule has 0 aliphatic heterocycles. The number of rotatable bonds is 3. The van der Waals surface area contributed by atoms with Crippen LogP contribution in [0.5, 0.6) is 0 Å². The van der Waals surface area contributed by atoms with Gasteiger partial charge in [-0.1, -0.05) is 32.4 Å². The van der Waals surface area contributed by atoms with Crippen molar-refractivity contribution in [1.82, 2.24) is 9.97 Å². The third-order valence-corrected chi connectivity index (χ3v) is 4.01. The van der Waals surface area contributed by atoms with Crippen molar-refractivity contribution < 1.29 is 0 Å². The van der Waals surface area contributed by atoms with E-state index in [4.69, 9.17) is 16.6 Å². The van der Waals surface area contributed by atoms with Crippen molar-refractivity contribution in [3.05, 3.63) is 39.5 Å². The average molecular weight is 369 g/mol. The van der Waals surface area contributed by atoms with Gasteiger partial charge >= 0.3 is 0 Å². The van der Waals surface area contributed by atoms with Crippen LogP contribution in [0.1, 0.15) is 33.4 Å². The van der Waals surface area contributed by atoms with Crippen LogP contribution >= 0.6 is 27.5 Å². The van der Waals surface area contributed by atoms with Crippen molar-refractivity contribution in [1.29, 1.82) is 0 Å². The smallest absolute Gasteiger partial charge is 0.161 e. The molecule has 0 saturated heterocycles. The van der Waals surface area contributed by atoms with E-state index in [0.717, 1.165) is 28.1 Å². The van der Waals surface area contributed by atoms with Crippen LogP contribution in [0.3, 0.4) is 0 Å². The molecule has 1 heterocycles. The Morgan fingerprint density at radius 2 is 1.76 bits per heavy atom. The lowest BCUT2D eigenvalue weighted by molar-refractivity contribution is 0.564. The van der Waals surface area contributed by atoms with Crippen molar-refractivity contribution in [2.75, 3.05) is 11.9 Å². The molecular formula is C16H19BrClN3. The zero-order chi connectivity index (χ0) is 15.6. The van der Waals surface area contributed by atoms with Gasteiger partial charge in [-0.05, 0) is 47.1 Å². The summed E-state index contributed by atoms with van der Waals surface area (Å²) < 4.78 is 0.926. The van der Waals surface area contributed by atoms with Gasteiger partial charge < -0.3 is 5.32 Å². The number of aromatic nitrogens is 2. The van der Waals surface area contributed by atoms with Crippen molar-refractivity contribution in [2.24, 2.45) is 0 Å². The molecule has 3 nitrogen and oxygen atoms in total. The Morgan fingerprint density at radius 3 is 2.29 bits per heavy atom. The molecule has 5 heteroatoms. The van der Waals surface area contributed by atoms with E-state index in [1.165, 1.54) is 0 Å². The first-order valence-electron chi connectivity index (χ1n) is 6.90. The molecule has 21 heavy (non-hydrogen) atoms. The van der Waals surface area contributed by atoms with Gasteiger partial charge in [0.25, 0.3) is 0 Å². The standard InChI is InChI=1S/C16H19BrClN3/c1-5-19-15-12(17)13(16(2,3)4)20-14(21-15)10-6-8-11(18)9-7-10/h6-9H,5H2,1-4H3,(H,19,20,21). The van der Waals surface area contributed by atoms with E-state index < -0.39 is 0 Å². The highest BCUT2D eigenvalue weighted by atomic mass is 79.9. The molecule has 112 valence electrons. The van der Waals surface area contributed by atoms with E-state index in [1.54, 1.807) is 0 Å². The summed E-state index contributed by atoms with van der Waals surface area (Å²) >= 11 is 9.58. The molecule has 0 atom stereocenters. The van der Waals surface area contributed by atoms with Crippen LogP contribution in [0.4, 0.5) is 5.82 Å². The Balaban J connectivity index is 2.61. The largest absolute Gasteiger partial charge is 0.369 e. The fourth-order valence-corrected chi connectivity index (χ4v) is 2.99. The van der Waals surface area contributed by atoms with Gasteiger partial charge in [-0.2, -0.15) is 0 Å². The SMILES string of the molecule is CCNc1nc(-c2ccc(Cl)cc2)nc(C(C)(C)C)c1Br. The zero-order valence-corrected chi connectivity index (χ0v) is 15.0. The van der Waals surface area contributed by atoms with Gasteiger partial charge in [0.15, 0.2) is 5.82 Å². The minimum Gasteiger partial charge on any atom is -0.369 e. The molecule has 0 aliphatic carbocycles. The summed E-state index contributed by atoms with van der Waals surface area (Å²) in [5.74, 6) is 1.53. The van der Waals surface area contributed by atoms with Gasteiger partial charge in [-0.3, -0.25) is 0 Å². The quantitative estimate of drug-likeness (QED) is 0.800. The van der Waals surface area contributed by atoms with Crippen LogP contribution in [-0.4, -0.2) is 16.5 Å². The molecular weight excluding hydrogens is 350 g/mol. The maximum absolute atomic E-state index is 5.95. The van der Waals surface area contributed by atoms with Gasteiger partial charge in [0.05, 0.1) is 10.2 Å². The predicted octanol–water partition coefficient (Wildman–Crippen LogP) is 5.29. The molecule has 1 N–H and O–H groups in total. The van der Waals surface area contributed by atoms with Gasteiger partial charge in [-0.25, -0.2) is 9.97 Å². The van der Waals surface area contributed by atoms with E-state index >= 15 is 0 Å². The first-order valence-corrected chi connectivity index (χ1v) is 8.08. The maximum atomic E-state index is 5.95. The van der Waals surface area contributed by atoms with Gasteiger partial charge in [0.1, 0.15) is 5.82 Å². The molecule has 2 aromatic rings. The monoisotopic (exact) mass is 367 g/mol. The molecule has 0 saturated carbocycles. The summed E-state index contributed by atoms with van der Waals surface area (Å²) in [4.78, 5) is 9.37. The van der Waals surface area contributed by atoms with E-state index in [9.17, 15) is 0 Å². The topological polar surface area (TPSA) is 37.8 Å². The van der Waals surface area contributed by atoms with Crippen LogP contribution < -0.4 is 5.32 Å². The normalized spacial score (nSPS) is 11.5. The Morgan fingerprint density at radius 1 is 1.14 bits per heavy atom. The number of nitrogens with zero attached hydrogens (tertiary/aromatic N) is 2. The Kier molecular flexibility index (Phi) is 4.89. The lowest BCUT2D eigenvalue weighted by Crippen LogP contribution is -2.17. The molecule has 0 amide bonds. The van der Waals surface area contributed by atoms with Crippen LogP contribution in [0.25, 0.3) is 11.4 Å². The molecule has 2 rings (SSSR count). The second kappa shape index (κ2) is 6.32. The van der Waals surface area contributed by atoms with E-state index in [1.807, 2.05) is 31.2 Å². The minimum absolute atomic E-state index is 0.0763. The second-order valence-corrected chi connectivity index (χ2v) is 7.08. The van der Waals surface area contributed by atoms with E-state index in [0.29, 0.717) is 10.8 Å². The summed E-state index contributed by atoms with van der Waals surface area (Å²) in [6.45, 7) is 9.27. The summed E-state index contributed by atoms with van der Waals surface area (Å²) in [6, 6.07) is 7.58. The van der Waals surface area contributed by atoms with Gasteiger partial charge in [-0.15, -0.1) is 0 Å². The Labute approximate surface area is 139 Å². The highest BCUT2D eigenvalue weighted by Crippen LogP contribution is 2.34. The highest BCUT2D eigenvalue weighted by Gasteiger charge is 2.23. The fraction of sp³-hybridized carbons (Fsp3) is 0.375. The lowest BCUT2D eigenvalue weighted by atomic mass is 9.91. The first kappa shape index (κ1) is 16.2. The molecule has 0 aliphatic rings. The number of hydrogen-bond donors (Lipinski definition) is 1. The predicted molar refractivity (Wildman–Crippen MR) is 93.0 cm³/mol. The Bertz CT molecular complexity index is 633. The number of hydrogen-bond acceptors (Lipinski definition) is 3. The molecule has 1 aromatic carbocycles. The fourth-order valence-electron chi connectivity index (χ4n) is 1.96. The first-order chi connectivity index (χ1) is 9.82. The Hall–Kier alpha value is -1.13. The molecule has 0 spiro atoms. The number of benzene rings is 1. The van der Waals surface area contributed by atoms with E-state index in [2.05, 4.69) is 47.0 Å². The minimum atomic E-state index is -0.0763. The van der Waals surface area contributed by atoms with Crippen molar-refractivity contribution in [3.8, 4) is 11.4 Å². The lowest BCUT2D eigenvalue weighted by Gasteiger charge is -2.22. The van der Waals surface area contributed by atoms with Crippen molar-refractivity contribution in [2.45, 2.75) is 33.1 Å². The zero-order valence-electron chi connectivity index (χ0n) is 12.7. The van der Waals surface area contributed by atoms with Crippen LogP contribution in [-0.2, 0) is 5.41 Å². The molecule has 0 radical (unpaired) electrons. The summed E-state index contributed by atoms with van der Waals surface area (Å²) in [6.07, 6.45) is 0. The average Bonchev–Trinajstić information content (AvgIpc) is 2.41. The molecule has 0 unspecified atom stereocenters.